The lowest BCUT2D eigenvalue weighted by molar-refractivity contribution is -0.128. The zero-order valence-electron chi connectivity index (χ0n) is 11.6. The first-order chi connectivity index (χ1) is 8.94. The average molecular weight is 281 g/mol. The van der Waals surface area contributed by atoms with Crippen molar-refractivity contribution in [3.63, 3.8) is 0 Å². The third-order valence-electron chi connectivity index (χ3n) is 4.13. The second-order valence-corrected chi connectivity index (χ2v) is 6.13. The van der Waals surface area contributed by atoms with Crippen molar-refractivity contribution in [2.75, 3.05) is 17.7 Å². The predicted molar refractivity (Wildman–Crippen MR) is 80.5 cm³/mol. The van der Waals surface area contributed by atoms with Crippen molar-refractivity contribution in [3.8, 4) is 0 Å². The van der Waals surface area contributed by atoms with E-state index in [4.69, 9.17) is 17.3 Å². The van der Waals surface area contributed by atoms with E-state index in [0.717, 1.165) is 25.7 Å². The predicted octanol–water partition coefficient (Wildman–Crippen LogP) is 3.86. The minimum absolute atomic E-state index is 0.140. The molecule has 1 aromatic carbocycles. The zero-order chi connectivity index (χ0) is 14.0. The lowest BCUT2D eigenvalue weighted by Gasteiger charge is -2.36. The Morgan fingerprint density at radius 2 is 1.95 bits per heavy atom. The lowest BCUT2D eigenvalue weighted by atomic mass is 9.74. The maximum Gasteiger partial charge on any atom is 0.232 e. The van der Waals surface area contributed by atoms with Crippen molar-refractivity contribution in [1.82, 2.24) is 0 Å². The highest BCUT2D eigenvalue weighted by Crippen LogP contribution is 2.39. The molecule has 0 atom stereocenters. The Kier molecular flexibility index (Phi) is 4.04. The Bertz CT molecular complexity index is 481. The van der Waals surface area contributed by atoms with Crippen LogP contribution in [0.2, 0.25) is 5.02 Å². The summed E-state index contributed by atoms with van der Waals surface area (Å²) < 4.78 is 0. The van der Waals surface area contributed by atoms with Gasteiger partial charge in [-0.15, -0.1) is 0 Å². The normalized spacial score (nSPS) is 18.1. The molecular formula is C15H21ClN2O. The Balaban J connectivity index is 2.25. The summed E-state index contributed by atoms with van der Waals surface area (Å²) in [6.07, 6.45) is 5.39. The molecule has 0 bridgehead atoms. The highest BCUT2D eigenvalue weighted by Gasteiger charge is 2.37. The van der Waals surface area contributed by atoms with Gasteiger partial charge in [-0.25, -0.2) is 0 Å². The molecule has 1 aliphatic carbocycles. The van der Waals surface area contributed by atoms with E-state index < -0.39 is 0 Å². The largest absolute Gasteiger partial charge is 0.397 e. The fourth-order valence-electron chi connectivity index (χ4n) is 2.87. The molecule has 0 aromatic heterocycles. The third-order valence-corrected chi connectivity index (χ3v) is 4.37. The van der Waals surface area contributed by atoms with Gasteiger partial charge in [-0.2, -0.15) is 0 Å². The number of rotatable bonds is 2. The quantitative estimate of drug-likeness (QED) is 0.836. The van der Waals surface area contributed by atoms with Gasteiger partial charge in [-0.1, -0.05) is 37.8 Å². The van der Waals surface area contributed by atoms with Crippen LogP contribution in [0.3, 0.4) is 0 Å². The Hall–Kier alpha value is -1.22. The Morgan fingerprint density at radius 3 is 2.58 bits per heavy atom. The van der Waals surface area contributed by atoms with Crippen LogP contribution < -0.4 is 10.6 Å². The number of nitrogen functional groups attached to an aromatic ring is 1. The molecule has 3 nitrogen and oxygen atoms in total. The topological polar surface area (TPSA) is 46.3 Å². The molecule has 2 N–H and O–H groups in total. The van der Waals surface area contributed by atoms with Gasteiger partial charge in [-0.05, 0) is 31.0 Å². The number of carbonyl (C=O) groups excluding carboxylic acids is 1. The first-order valence-electron chi connectivity index (χ1n) is 6.77. The molecule has 19 heavy (non-hydrogen) atoms. The molecule has 1 aromatic rings. The minimum atomic E-state index is -0.262. The second kappa shape index (κ2) is 5.41. The maximum atomic E-state index is 12.7. The van der Waals surface area contributed by atoms with E-state index in [9.17, 15) is 4.79 Å². The number of carbonyl (C=O) groups is 1. The van der Waals surface area contributed by atoms with Crippen LogP contribution in [0.1, 0.15) is 39.0 Å². The van der Waals surface area contributed by atoms with Gasteiger partial charge < -0.3 is 10.6 Å². The maximum absolute atomic E-state index is 12.7. The fraction of sp³-hybridized carbons (Fsp3) is 0.533. The van der Waals surface area contributed by atoms with Crippen molar-refractivity contribution >= 4 is 28.9 Å². The SMILES string of the molecule is CN(C(=O)C1(C)CCCCC1)c1cc(Cl)ccc1N. The van der Waals surface area contributed by atoms with Gasteiger partial charge in [-0.3, -0.25) is 4.79 Å². The van der Waals surface area contributed by atoms with Crippen LogP contribution in [0.5, 0.6) is 0 Å². The summed E-state index contributed by atoms with van der Waals surface area (Å²) in [5.74, 6) is 0.140. The molecule has 4 heteroatoms. The third kappa shape index (κ3) is 2.86. The zero-order valence-corrected chi connectivity index (χ0v) is 12.3. The molecule has 0 unspecified atom stereocenters. The van der Waals surface area contributed by atoms with Crippen molar-refractivity contribution in [3.05, 3.63) is 23.2 Å². The first-order valence-corrected chi connectivity index (χ1v) is 7.15. The summed E-state index contributed by atoms with van der Waals surface area (Å²) in [6.45, 7) is 2.06. The van der Waals surface area contributed by atoms with Gasteiger partial charge in [0.25, 0.3) is 0 Å². The molecule has 0 radical (unpaired) electrons. The van der Waals surface area contributed by atoms with Gasteiger partial charge in [0.05, 0.1) is 11.4 Å². The second-order valence-electron chi connectivity index (χ2n) is 5.69. The molecule has 1 saturated carbocycles. The van der Waals surface area contributed by atoms with Crippen molar-refractivity contribution < 1.29 is 4.79 Å². The van der Waals surface area contributed by atoms with Gasteiger partial charge in [0, 0.05) is 17.5 Å². The molecule has 1 amide bonds. The fourth-order valence-corrected chi connectivity index (χ4v) is 3.03. The first kappa shape index (κ1) is 14.2. The van der Waals surface area contributed by atoms with E-state index in [1.165, 1.54) is 6.42 Å². The van der Waals surface area contributed by atoms with E-state index in [1.54, 1.807) is 30.1 Å². The van der Waals surface area contributed by atoms with Crippen LogP contribution in [0.25, 0.3) is 0 Å². The monoisotopic (exact) mass is 280 g/mol. The average Bonchev–Trinajstić information content (AvgIpc) is 2.40. The van der Waals surface area contributed by atoms with Crippen LogP contribution in [0.15, 0.2) is 18.2 Å². The van der Waals surface area contributed by atoms with E-state index in [1.807, 2.05) is 0 Å². The van der Waals surface area contributed by atoms with E-state index in [-0.39, 0.29) is 11.3 Å². The van der Waals surface area contributed by atoms with Crippen LogP contribution in [0, 0.1) is 5.41 Å². The van der Waals surface area contributed by atoms with Gasteiger partial charge >= 0.3 is 0 Å². The number of nitrogens with zero attached hydrogens (tertiary/aromatic N) is 1. The summed E-state index contributed by atoms with van der Waals surface area (Å²) >= 11 is 5.99. The standard InChI is InChI=1S/C15H21ClN2O/c1-15(8-4-3-5-9-15)14(19)18(2)13-10-11(16)6-7-12(13)17/h6-7,10H,3-5,8-9,17H2,1-2H3. The number of hydrogen-bond acceptors (Lipinski definition) is 2. The molecule has 0 saturated heterocycles. The molecule has 0 heterocycles. The number of halogens is 1. The van der Waals surface area contributed by atoms with Gasteiger partial charge in [0.15, 0.2) is 0 Å². The summed E-state index contributed by atoms with van der Waals surface area (Å²) in [6, 6.07) is 5.23. The molecule has 104 valence electrons. The van der Waals surface area contributed by atoms with Gasteiger partial charge in [0.2, 0.25) is 5.91 Å². The summed E-state index contributed by atoms with van der Waals surface area (Å²) in [7, 11) is 1.78. The number of benzene rings is 1. The van der Waals surface area contributed by atoms with Crippen molar-refractivity contribution in [1.29, 1.82) is 0 Å². The van der Waals surface area contributed by atoms with Crippen LogP contribution >= 0.6 is 11.6 Å². The summed E-state index contributed by atoms with van der Waals surface area (Å²) in [4.78, 5) is 14.4. The van der Waals surface area contributed by atoms with E-state index in [0.29, 0.717) is 16.4 Å². The number of amides is 1. The van der Waals surface area contributed by atoms with Gasteiger partial charge in [0.1, 0.15) is 0 Å². The number of hydrogen-bond donors (Lipinski definition) is 1. The molecule has 1 aliphatic rings. The molecule has 1 fully saturated rings. The highest BCUT2D eigenvalue weighted by atomic mass is 35.5. The molecule has 0 spiro atoms. The highest BCUT2D eigenvalue weighted by molar-refractivity contribution is 6.31. The molecule has 2 rings (SSSR count). The Morgan fingerprint density at radius 1 is 1.32 bits per heavy atom. The van der Waals surface area contributed by atoms with Crippen LogP contribution in [0.4, 0.5) is 11.4 Å². The lowest BCUT2D eigenvalue weighted by Crippen LogP contribution is -2.41. The van der Waals surface area contributed by atoms with E-state index >= 15 is 0 Å². The Labute approximate surface area is 119 Å². The molecular weight excluding hydrogens is 260 g/mol. The number of nitrogens with two attached hydrogens (primary N) is 1. The smallest absolute Gasteiger partial charge is 0.232 e. The number of anilines is 2. The molecule has 0 aliphatic heterocycles. The van der Waals surface area contributed by atoms with Crippen molar-refractivity contribution in [2.24, 2.45) is 5.41 Å². The summed E-state index contributed by atoms with van der Waals surface area (Å²) in [5, 5.41) is 0.595. The minimum Gasteiger partial charge on any atom is -0.397 e. The van der Waals surface area contributed by atoms with Crippen LogP contribution in [-0.2, 0) is 4.79 Å². The van der Waals surface area contributed by atoms with Crippen LogP contribution in [-0.4, -0.2) is 13.0 Å². The summed E-state index contributed by atoms with van der Waals surface area (Å²) in [5.41, 5.74) is 6.97. The van der Waals surface area contributed by atoms with Crippen molar-refractivity contribution in [2.45, 2.75) is 39.0 Å². The van der Waals surface area contributed by atoms with E-state index in [2.05, 4.69) is 6.92 Å².